The van der Waals surface area contributed by atoms with Gasteiger partial charge in [0.1, 0.15) is 0 Å². The summed E-state index contributed by atoms with van der Waals surface area (Å²) in [6.45, 7) is 0.626. The highest BCUT2D eigenvalue weighted by Gasteiger charge is 2.38. The molecule has 0 aromatic carbocycles. The van der Waals surface area contributed by atoms with E-state index in [-0.39, 0.29) is 25.4 Å². The number of likely N-dealkylation sites (N-methyl/N-ethyl adjacent to an activating group) is 1. The number of amides is 1. The average Bonchev–Trinajstić information content (AvgIpc) is 2.28. The first-order valence-electron chi connectivity index (χ1n) is 5.34. The minimum Gasteiger partial charge on any atom is -0.481 e. The number of likely N-dealkylation sites (tertiary alicyclic amines) is 1. The molecule has 0 saturated carbocycles. The number of rotatable bonds is 4. The Morgan fingerprint density at radius 3 is 2.29 bits per heavy atom. The first kappa shape index (κ1) is 13.4. The molecule has 3 N–H and O–H groups in total. The zero-order valence-corrected chi connectivity index (χ0v) is 9.55. The Morgan fingerprint density at radius 1 is 1.24 bits per heavy atom. The lowest BCUT2D eigenvalue weighted by molar-refractivity contribution is -0.157. The molecule has 0 spiro atoms. The molecule has 7 nitrogen and oxygen atoms in total. The van der Waals surface area contributed by atoms with Gasteiger partial charge in [-0.2, -0.15) is 0 Å². The summed E-state index contributed by atoms with van der Waals surface area (Å²) >= 11 is 0. The number of hydrogen-bond donors (Lipinski definition) is 3. The maximum absolute atomic E-state index is 11.2. The Balaban J connectivity index is 2.65. The molecule has 1 saturated heterocycles. The van der Waals surface area contributed by atoms with Crippen LogP contribution >= 0.6 is 0 Å². The number of piperidine rings is 1. The third-order valence-electron chi connectivity index (χ3n) is 2.98. The third-order valence-corrected chi connectivity index (χ3v) is 2.98. The molecule has 0 bridgehead atoms. The maximum Gasteiger partial charge on any atom is 0.308 e. The number of nitrogens with one attached hydrogen (secondary N) is 1. The summed E-state index contributed by atoms with van der Waals surface area (Å²) < 4.78 is 0. The number of nitrogens with zero attached hydrogens (tertiary/aromatic N) is 1. The van der Waals surface area contributed by atoms with Crippen LogP contribution < -0.4 is 5.32 Å². The molecule has 2 unspecified atom stereocenters. The second-order valence-electron chi connectivity index (χ2n) is 4.09. The third kappa shape index (κ3) is 3.42. The second kappa shape index (κ2) is 5.62. The van der Waals surface area contributed by atoms with E-state index >= 15 is 0 Å². The summed E-state index contributed by atoms with van der Waals surface area (Å²) in [6.07, 6.45) is 0.253. The molecule has 1 aliphatic rings. The fourth-order valence-corrected chi connectivity index (χ4v) is 1.99. The van der Waals surface area contributed by atoms with E-state index in [4.69, 9.17) is 10.2 Å². The van der Waals surface area contributed by atoms with Gasteiger partial charge in [-0.3, -0.25) is 19.3 Å². The van der Waals surface area contributed by atoms with Crippen molar-refractivity contribution in [2.24, 2.45) is 11.8 Å². The van der Waals surface area contributed by atoms with E-state index in [2.05, 4.69) is 5.32 Å². The lowest BCUT2D eigenvalue weighted by Gasteiger charge is -2.33. The van der Waals surface area contributed by atoms with Crippen LogP contribution in [0.4, 0.5) is 0 Å². The molecule has 0 aliphatic carbocycles. The van der Waals surface area contributed by atoms with E-state index in [1.54, 1.807) is 4.90 Å². The summed E-state index contributed by atoms with van der Waals surface area (Å²) in [5, 5.41) is 20.3. The number of carbonyl (C=O) groups is 3. The number of hydrogen-bond acceptors (Lipinski definition) is 4. The predicted octanol–water partition coefficient (Wildman–Crippen LogP) is -1.16. The molecule has 96 valence electrons. The lowest BCUT2D eigenvalue weighted by atomic mass is 9.85. The molecule has 7 heteroatoms. The van der Waals surface area contributed by atoms with Crippen molar-refractivity contribution in [1.82, 2.24) is 10.2 Å². The van der Waals surface area contributed by atoms with Crippen molar-refractivity contribution in [3.63, 3.8) is 0 Å². The topological polar surface area (TPSA) is 107 Å². The fraction of sp³-hybridized carbons (Fsp3) is 0.700. The molecule has 0 aromatic rings. The molecular weight excluding hydrogens is 228 g/mol. The number of carboxylic acid groups (broad SMARTS) is 2. The number of carbonyl (C=O) groups excluding carboxylic acids is 1. The molecular formula is C10H16N2O5. The SMILES string of the molecule is CNC(=O)CN1CCC(C(=O)O)C(C(=O)O)C1. The van der Waals surface area contributed by atoms with E-state index in [9.17, 15) is 14.4 Å². The molecule has 1 amide bonds. The van der Waals surface area contributed by atoms with Crippen LogP contribution in [0.5, 0.6) is 0 Å². The second-order valence-corrected chi connectivity index (χ2v) is 4.09. The Labute approximate surface area is 98.4 Å². The van der Waals surface area contributed by atoms with Crippen LogP contribution in [-0.4, -0.2) is 59.6 Å². The molecule has 1 heterocycles. The van der Waals surface area contributed by atoms with Gasteiger partial charge >= 0.3 is 11.9 Å². The highest BCUT2D eigenvalue weighted by molar-refractivity contribution is 5.81. The van der Waals surface area contributed by atoms with Crippen LogP contribution in [0.1, 0.15) is 6.42 Å². The van der Waals surface area contributed by atoms with Gasteiger partial charge in [0.15, 0.2) is 0 Å². The Kier molecular flexibility index (Phi) is 4.45. The highest BCUT2D eigenvalue weighted by Crippen LogP contribution is 2.24. The zero-order valence-electron chi connectivity index (χ0n) is 9.55. The van der Waals surface area contributed by atoms with E-state index in [0.29, 0.717) is 6.54 Å². The highest BCUT2D eigenvalue weighted by atomic mass is 16.4. The summed E-state index contributed by atoms with van der Waals surface area (Å²) in [4.78, 5) is 34.7. The van der Waals surface area contributed by atoms with E-state index in [1.807, 2.05) is 0 Å². The Hall–Kier alpha value is -1.63. The van der Waals surface area contributed by atoms with Gasteiger partial charge in [-0.15, -0.1) is 0 Å². The smallest absolute Gasteiger partial charge is 0.308 e. The van der Waals surface area contributed by atoms with Crippen LogP contribution in [0.25, 0.3) is 0 Å². The summed E-state index contributed by atoms with van der Waals surface area (Å²) in [5.41, 5.74) is 0. The molecule has 17 heavy (non-hydrogen) atoms. The van der Waals surface area contributed by atoms with Crippen LogP contribution in [0.15, 0.2) is 0 Å². The summed E-state index contributed by atoms with van der Waals surface area (Å²) in [5.74, 6) is -4.24. The van der Waals surface area contributed by atoms with E-state index < -0.39 is 23.8 Å². The van der Waals surface area contributed by atoms with Gasteiger partial charge in [0.2, 0.25) is 5.91 Å². The first-order valence-corrected chi connectivity index (χ1v) is 5.34. The van der Waals surface area contributed by atoms with E-state index in [0.717, 1.165) is 0 Å². The minimum atomic E-state index is -1.13. The van der Waals surface area contributed by atoms with Gasteiger partial charge in [-0.05, 0) is 13.0 Å². The molecule has 0 radical (unpaired) electrons. The van der Waals surface area contributed by atoms with E-state index in [1.165, 1.54) is 7.05 Å². The quantitative estimate of drug-likeness (QED) is 0.576. The van der Waals surface area contributed by atoms with Crippen LogP contribution in [0.2, 0.25) is 0 Å². The number of aliphatic carboxylic acids is 2. The first-order chi connectivity index (χ1) is 7.95. The van der Waals surface area contributed by atoms with Crippen LogP contribution in [0.3, 0.4) is 0 Å². The molecule has 1 fully saturated rings. The zero-order chi connectivity index (χ0) is 13.0. The largest absolute Gasteiger partial charge is 0.481 e. The Morgan fingerprint density at radius 2 is 1.82 bits per heavy atom. The summed E-state index contributed by atoms with van der Waals surface area (Å²) in [6, 6.07) is 0. The van der Waals surface area contributed by atoms with Crippen molar-refractivity contribution in [3.8, 4) is 0 Å². The van der Waals surface area contributed by atoms with Crippen molar-refractivity contribution in [3.05, 3.63) is 0 Å². The average molecular weight is 244 g/mol. The van der Waals surface area contributed by atoms with Crippen molar-refractivity contribution in [2.75, 3.05) is 26.7 Å². The van der Waals surface area contributed by atoms with Crippen LogP contribution in [-0.2, 0) is 14.4 Å². The standard InChI is InChI=1S/C10H16N2O5/c1-11-8(13)5-12-3-2-6(9(14)15)7(4-12)10(16)17/h6-7H,2-5H2,1H3,(H,11,13)(H,14,15)(H,16,17). The van der Waals surface area contributed by atoms with Crippen molar-refractivity contribution in [2.45, 2.75) is 6.42 Å². The molecule has 1 aliphatic heterocycles. The summed E-state index contributed by atoms with van der Waals surface area (Å²) in [7, 11) is 1.50. The maximum atomic E-state index is 11.2. The van der Waals surface area contributed by atoms with Crippen molar-refractivity contribution in [1.29, 1.82) is 0 Å². The van der Waals surface area contributed by atoms with Gasteiger partial charge < -0.3 is 15.5 Å². The Bertz CT molecular complexity index is 331. The van der Waals surface area contributed by atoms with Gasteiger partial charge in [-0.25, -0.2) is 0 Å². The molecule has 2 atom stereocenters. The van der Waals surface area contributed by atoms with Gasteiger partial charge in [0, 0.05) is 13.6 Å². The molecule has 0 aromatic heterocycles. The van der Waals surface area contributed by atoms with Crippen molar-refractivity contribution >= 4 is 17.8 Å². The fourth-order valence-electron chi connectivity index (χ4n) is 1.99. The lowest BCUT2D eigenvalue weighted by Crippen LogP contribution is -2.49. The minimum absolute atomic E-state index is 0.0969. The normalized spacial score (nSPS) is 25.2. The predicted molar refractivity (Wildman–Crippen MR) is 57.4 cm³/mol. The van der Waals surface area contributed by atoms with Gasteiger partial charge in [-0.1, -0.05) is 0 Å². The van der Waals surface area contributed by atoms with Gasteiger partial charge in [0.05, 0.1) is 18.4 Å². The number of carboxylic acids is 2. The van der Waals surface area contributed by atoms with Gasteiger partial charge in [0.25, 0.3) is 0 Å². The monoisotopic (exact) mass is 244 g/mol. The van der Waals surface area contributed by atoms with Crippen molar-refractivity contribution < 1.29 is 24.6 Å². The molecule has 1 rings (SSSR count). The van der Waals surface area contributed by atoms with Crippen LogP contribution in [0, 0.1) is 11.8 Å².